The number of methoxy groups -OCH3 is 1. The Bertz CT molecular complexity index is 234. The zero-order chi connectivity index (χ0) is 12.9. The summed E-state index contributed by atoms with van der Waals surface area (Å²) in [5, 5.41) is 7.60. The van der Waals surface area contributed by atoms with E-state index in [2.05, 4.69) is 24.5 Å². The Labute approximate surface area is 94.5 Å². The van der Waals surface area contributed by atoms with Gasteiger partial charge in [-0.05, 0) is 12.5 Å². The van der Waals surface area contributed by atoms with Gasteiger partial charge in [0.25, 0.3) is 0 Å². The van der Waals surface area contributed by atoms with Gasteiger partial charge in [-0.3, -0.25) is 0 Å². The van der Waals surface area contributed by atoms with E-state index >= 15 is 0 Å². The Hall–Kier alpha value is -1.55. The molecule has 15 heavy (non-hydrogen) atoms. The van der Waals surface area contributed by atoms with E-state index in [0.29, 0.717) is 5.57 Å². The molecule has 0 saturated heterocycles. The zero-order valence-electron chi connectivity index (χ0n) is 8.83. The number of carboxylic acid groups (broad SMARTS) is 1. The molecule has 0 aromatic carbocycles. The van der Waals surface area contributed by atoms with Gasteiger partial charge in [0.15, 0.2) is 0 Å². The molecular formula is C10H15ClO4. The molecule has 1 N–H and O–H groups in total. The van der Waals surface area contributed by atoms with Gasteiger partial charge in [-0.2, -0.15) is 0 Å². The van der Waals surface area contributed by atoms with Crippen molar-refractivity contribution in [2.45, 2.75) is 6.92 Å². The Morgan fingerprint density at radius 3 is 1.67 bits per heavy atom. The molecular weight excluding hydrogens is 220 g/mol. The van der Waals surface area contributed by atoms with Crippen molar-refractivity contribution in [3.8, 4) is 0 Å². The predicted octanol–water partition coefficient (Wildman–Crippen LogP) is 2.36. The number of rotatable bonds is 2. The lowest BCUT2D eigenvalue weighted by molar-refractivity contribution is -0.136. The minimum atomic E-state index is -0.981. The van der Waals surface area contributed by atoms with Crippen LogP contribution in [0, 0.1) is 0 Å². The number of carbonyl (C=O) groups excluding carboxylic acids is 1. The van der Waals surface area contributed by atoms with Gasteiger partial charge in [-0.15, -0.1) is 0 Å². The Kier molecular flexibility index (Phi) is 19.0. The fraction of sp³-hybridized carbons (Fsp3) is 0.200. The van der Waals surface area contributed by atoms with Gasteiger partial charge in [0, 0.05) is 11.6 Å². The molecule has 0 saturated carbocycles. The van der Waals surface area contributed by atoms with Crippen LogP contribution in [0.4, 0.5) is 0 Å². The van der Waals surface area contributed by atoms with E-state index in [4.69, 9.17) is 16.7 Å². The number of hydrogen-bond acceptors (Lipinski definition) is 3. The monoisotopic (exact) mass is 234 g/mol. The van der Waals surface area contributed by atoms with E-state index in [9.17, 15) is 9.59 Å². The molecule has 0 spiro atoms. The average molecular weight is 235 g/mol. The quantitative estimate of drug-likeness (QED) is 0.589. The van der Waals surface area contributed by atoms with Crippen LogP contribution in [-0.2, 0) is 14.3 Å². The van der Waals surface area contributed by atoms with Gasteiger partial charge in [0.2, 0.25) is 0 Å². The Morgan fingerprint density at radius 2 is 1.67 bits per heavy atom. The second-order valence-corrected chi connectivity index (χ2v) is 2.28. The first-order chi connectivity index (χ1) is 6.87. The molecule has 0 fully saturated rings. The molecule has 0 atom stereocenters. The molecule has 0 aliphatic heterocycles. The van der Waals surface area contributed by atoms with Crippen molar-refractivity contribution in [2.75, 3.05) is 7.11 Å². The molecule has 0 aliphatic rings. The SMILES string of the molecule is C=C(C)C(=O)OC.C=CC(=O)O.C=CCl. The van der Waals surface area contributed by atoms with E-state index in [0.717, 1.165) is 6.08 Å². The number of aliphatic carboxylic acids is 1. The van der Waals surface area contributed by atoms with E-state index in [1.807, 2.05) is 0 Å². The zero-order valence-corrected chi connectivity index (χ0v) is 9.58. The highest BCUT2D eigenvalue weighted by atomic mass is 35.5. The molecule has 0 heterocycles. The number of halogens is 1. The molecule has 0 unspecified atom stereocenters. The number of ether oxygens (including phenoxy) is 1. The topological polar surface area (TPSA) is 63.6 Å². The molecule has 0 amide bonds. The lowest BCUT2D eigenvalue weighted by atomic mass is 10.4. The summed E-state index contributed by atoms with van der Waals surface area (Å²) in [5.74, 6) is -1.33. The van der Waals surface area contributed by atoms with E-state index in [1.165, 1.54) is 12.6 Å². The van der Waals surface area contributed by atoms with Crippen molar-refractivity contribution in [1.82, 2.24) is 0 Å². The molecule has 0 rings (SSSR count). The summed E-state index contributed by atoms with van der Waals surface area (Å²) in [4.78, 5) is 19.4. The second-order valence-electron chi connectivity index (χ2n) is 1.97. The predicted molar refractivity (Wildman–Crippen MR) is 60.7 cm³/mol. The third-order valence-electron chi connectivity index (χ3n) is 0.708. The largest absolute Gasteiger partial charge is 0.478 e. The maximum Gasteiger partial charge on any atom is 0.332 e. The minimum absolute atomic E-state index is 0.347. The molecule has 4 nitrogen and oxygen atoms in total. The lowest BCUT2D eigenvalue weighted by Gasteiger charge is -1.91. The summed E-state index contributed by atoms with van der Waals surface area (Å²) in [6.45, 7) is 11.0. The standard InChI is InChI=1S/C5H8O2.C3H4O2.C2H3Cl/c1-4(2)5(6)7-3;1-2-3(4)5;1-2-3/h1H2,2-3H3;2H,1H2,(H,4,5);2H,1H2. The molecule has 0 aromatic heterocycles. The van der Waals surface area contributed by atoms with Crippen LogP contribution in [0.25, 0.3) is 0 Å². The number of carbonyl (C=O) groups is 2. The van der Waals surface area contributed by atoms with E-state index in [-0.39, 0.29) is 5.97 Å². The highest BCUT2D eigenvalue weighted by Crippen LogP contribution is 1.87. The van der Waals surface area contributed by atoms with Crippen molar-refractivity contribution in [3.63, 3.8) is 0 Å². The normalized spacial score (nSPS) is 6.60. The van der Waals surface area contributed by atoms with Gasteiger partial charge in [-0.25, -0.2) is 9.59 Å². The molecule has 0 aromatic rings. The number of carboxylic acids is 1. The molecule has 86 valence electrons. The van der Waals surface area contributed by atoms with Crippen molar-refractivity contribution in [1.29, 1.82) is 0 Å². The third kappa shape index (κ3) is 32.7. The van der Waals surface area contributed by atoms with Crippen molar-refractivity contribution in [2.24, 2.45) is 0 Å². The van der Waals surface area contributed by atoms with Gasteiger partial charge in [0.05, 0.1) is 7.11 Å². The number of hydrogen-bond donors (Lipinski definition) is 1. The third-order valence-corrected chi connectivity index (χ3v) is 0.708. The summed E-state index contributed by atoms with van der Waals surface area (Å²) in [7, 11) is 1.33. The van der Waals surface area contributed by atoms with Crippen molar-refractivity contribution < 1.29 is 19.4 Å². The van der Waals surface area contributed by atoms with Crippen LogP contribution < -0.4 is 0 Å². The first-order valence-electron chi connectivity index (χ1n) is 3.67. The van der Waals surface area contributed by atoms with Crippen molar-refractivity contribution in [3.05, 3.63) is 36.9 Å². The van der Waals surface area contributed by atoms with E-state index in [1.54, 1.807) is 6.92 Å². The molecule has 0 radical (unpaired) electrons. The summed E-state index contributed by atoms with van der Waals surface area (Å²) >= 11 is 4.76. The van der Waals surface area contributed by atoms with Crippen molar-refractivity contribution >= 4 is 23.5 Å². The van der Waals surface area contributed by atoms with Crippen LogP contribution in [0.1, 0.15) is 6.92 Å². The molecule has 5 heteroatoms. The van der Waals surface area contributed by atoms with Crippen LogP contribution in [-0.4, -0.2) is 24.2 Å². The van der Waals surface area contributed by atoms with Crippen LogP contribution in [0.5, 0.6) is 0 Å². The van der Waals surface area contributed by atoms with Crippen LogP contribution in [0.2, 0.25) is 0 Å². The summed E-state index contributed by atoms with van der Waals surface area (Å²) in [6.07, 6.45) is 0.833. The Morgan fingerprint density at radius 1 is 1.40 bits per heavy atom. The number of esters is 1. The van der Waals surface area contributed by atoms with Gasteiger partial charge in [0.1, 0.15) is 0 Å². The first kappa shape index (κ1) is 19.1. The minimum Gasteiger partial charge on any atom is -0.478 e. The lowest BCUT2D eigenvalue weighted by Crippen LogP contribution is -1.98. The maximum atomic E-state index is 10.2. The fourth-order valence-electron chi connectivity index (χ4n) is 0.174. The van der Waals surface area contributed by atoms with Crippen LogP contribution in [0.15, 0.2) is 36.9 Å². The summed E-state index contributed by atoms with van der Waals surface area (Å²) in [6, 6.07) is 0. The average Bonchev–Trinajstić information content (AvgIpc) is 2.18. The fourth-order valence-corrected chi connectivity index (χ4v) is 0.174. The van der Waals surface area contributed by atoms with Gasteiger partial charge >= 0.3 is 11.9 Å². The van der Waals surface area contributed by atoms with Crippen LogP contribution in [0.3, 0.4) is 0 Å². The van der Waals surface area contributed by atoms with E-state index < -0.39 is 5.97 Å². The first-order valence-corrected chi connectivity index (χ1v) is 4.11. The molecule has 0 aliphatic carbocycles. The summed E-state index contributed by atoms with van der Waals surface area (Å²) < 4.78 is 4.27. The van der Waals surface area contributed by atoms with Gasteiger partial charge in [-0.1, -0.05) is 31.3 Å². The highest BCUT2D eigenvalue weighted by Gasteiger charge is 1.95. The highest BCUT2D eigenvalue weighted by molar-refractivity contribution is 6.25. The van der Waals surface area contributed by atoms with Gasteiger partial charge < -0.3 is 9.84 Å². The Balaban J connectivity index is -0.000000158. The second kappa shape index (κ2) is 14.9. The summed E-state index contributed by atoms with van der Waals surface area (Å²) in [5.41, 5.74) is 1.66. The maximum absolute atomic E-state index is 10.2. The molecule has 0 bridgehead atoms. The smallest absolute Gasteiger partial charge is 0.332 e. The van der Waals surface area contributed by atoms with Crippen LogP contribution >= 0.6 is 11.6 Å².